The first-order valence-electron chi connectivity index (χ1n) is 4.59. The Kier molecular flexibility index (Phi) is 4.34. The third-order valence-electron chi connectivity index (χ3n) is 2.34. The predicted octanol–water partition coefficient (Wildman–Crippen LogP) is 2.88. The summed E-state index contributed by atoms with van der Waals surface area (Å²) >= 11 is 0. The summed E-state index contributed by atoms with van der Waals surface area (Å²) in [7, 11) is 1.14. The van der Waals surface area contributed by atoms with Gasteiger partial charge in [0.25, 0.3) is 0 Å². The van der Waals surface area contributed by atoms with E-state index in [1.54, 1.807) is 0 Å². The molecule has 0 saturated heterocycles. The fraction of sp³-hybridized carbons (Fsp3) is 0.364. The maximum absolute atomic E-state index is 12.7. The van der Waals surface area contributed by atoms with Crippen molar-refractivity contribution in [3.8, 4) is 0 Å². The van der Waals surface area contributed by atoms with Crippen LogP contribution in [0.5, 0.6) is 0 Å². The summed E-state index contributed by atoms with van der Waals surface area (Å²) in [5.74, 6) is -0.757. The van der Waals surface area contributed by atoms with Gasteiger partial charge in [-0.25, -0.2) is 18.0 Å². The number of carbonyl (C=O) groups excluding carboxylic acids is 1. The number of rotatable bonds is 4. The Labute approximate surface area is 91.0 Å². The lowest BCUT2D eigenvalue weighted by atomic mass is 9.97. The van der Waals surface area contributed by atoms with Crippen molar-refractivity contribution < 1.29 is 22.7 Å². The van der Waals surface area contributed by atoms with Crippen molar-refractivity contribution in [3.05, 3.63) is 34.4 Å². The van der Waals surface area contributed by atoms with Gasteiger partial charge >= 0.3 is 5.97 Å². The van der Waals surface area contributed by atoms with Crippen LogP contribution in [0.15, 0.2) is 12.1 Å². The lowest BCUT2D eigenvalue weighted by molar-refractivity contribution is 0.0598. The molecular formula is C11H11F3O2. The minimum Gasteiger partial charge on any atom is -0.465 e. The highest BCUT2D eigenvalue weighted by atomic mass is 19.1. The predicted molar refractivity (Wildman–Crippen MR) is 52.2 cm³/mol. The van der Waals surface area contributed by atoms with Gasteiger partial charge in [-0.2, -0.15) is 0 Å². The second-order valence-corrected chi connectivity index (χ2v) is 3.12. The van der Waals surface area contributed by atoms with E-state index >= 15 is 0 Å². The molecule has 0 aliphatic heterocycles. The van der Waals surface area contributed by atoms with Gasteiger partial charge in [0.2, 0.25) is 0 Å². The average Bonchev–Trinajstić information content (AvgIpc) is 2.35. The first kappa shape index (κ1) is 12.5. The first-order valence-corrected chi connectivity index (χ1v) is 4.59. The van der Waals surface area contributed by atoms with E-state index in [1.165, 1.54) is 12.1 Å². The Morgan fingerprint density at radius 3 is 2.19 bits per heavy atom. The van der Waals surface area contributed by atoms with Crippen LogP contribution in [0.4, 0.5) is 13.2 Å². The number of halogens is 3. The number of alkyl halides is 3. The number of hydrogen-bond donors (Lipinski definition) is 0. The molecule has 1 aromatic carbocycles. The van der Waals surface area contributed by atoms with E-state index in [-0.39, 0.29) is 22.3 Å². The zero-order valence-corrected chi connectivity index (χ0v) is 8.73. The topological polar surface area (TPSA) is 26.3 Å². The Morgan fingerprint density at radius 1 is 1.12 bits per heavy atom. The van der Waals surface area contributed by atoms with Gasteiger partial charge in [-0.1, -0.05) is 6.07 Å². The van der Waals surface area contributed by atoms with Crippen LogP contribution in [-0.2, 0) is 24.8 Å². The van der Waals surface area contributed by atoms with E-state index in [0.29, 0.717) is 0 Å². The molecule has 0 radical (unpaired) electrons. The fourth-order valence-electron chi connectivity index (χ4n) is 1.49. The lowest BCUT2D eigenvalue weighted by Gasteiger charge is -2.11. The third kappa shape index (κ3) is 2.18. The maximum Gasteiger partial charge on any atom is 0.338 e. The summed E-state index contributed by atoms with van der Waals surface area (Å²) in [6, 6.07) is 2.51. The summed E-state index contributed by atoms with van der Waals surface area (Å²) < 4.78 is 42.4. The molecular weight excluding hydrogens is 221 g/mol. The normalized spacial score (nSPS) is 10.2. The van der Waals surface area contributed by atoms with Crippen molar-refractivity contribution in [2.75, 3.05) is 7.11 Å². The van der Waals surface area contributed by atoms with Gasteiger partial charge in [-0.05, 0) is 17.2 Å². The van der Waals surface area contributed by atoms with Gasteiger partial charge in [-0.3, -0.25) is 0 Å². The quantitative estimate of drug-likeness (QED) is 0.746. The van der Waals surface area contributed by atoms with Crippen LogP contribution in [0.3, 0.4) is 0 Å². The molecule has 0 saturated carbocycles. The van der Waals surface area contributed by atoms with Crippen molar-refractivity contribution >= 4 is 5.97 Å². The molecule has 1 rings (SSSR count). The minimum atomic E-state index is -1.03. The first-order chi connectivity index (χ1) is 7.69. The molecule has 0 fully saturated rings. The molecule has 0 unspecified atom stereocenters. The number of methoxy groups -OCH3 is 1. The molecule has 88 valence electrons. The van der Waals surface area contributed by atoms with Crippen molar-refractivity contribution in [3.63, 3.8) is 0 Å². The maximum atomic E-state index is 12.7. The molecule has 0 aliphatic rings. The molecule has 0 atom stereocenters. The minimum absolute atomic E-state index is 0.0582. The summed E-state index contributed by atoms with van der Waals surface area (Å²) in [5, 5.41) is 0. The Hall–Kier alpha value is -1.52. The number of benzene rings is 1. The van der Waals surface area contributed by atoms with Gasteiger partial charge < -0.3 is 4.74 Å². The Balaban J connectivity index is 3.37. The number of carbonyl (C=O) groups is 1. The summed E-state index contributed by atoms with van der Waals surface area (Å²) in [6.45, 7) is -2.94. The van der Waals surface area contributed by atoms with E-state index in [0.717, 1.165) is 7.11 Å². The van der Waals surface area contributed by atoms with Crippen LogP contribution in [0.25, 0.3) is 0 Å². The highest BCUT2D eigenvalue weighted by Gasteiger charge is 2.18. The molecule has 0 N–H and O–H groups in total. The van der Waals surface area contributed by atoms with E-state index in [4.69, 9.17) is 0 Å². The fourth-order valence-corrected chi connectivity index (χ4v) is 1.49. The molecule has 2 nitrogen and oxygen atoms in total. The van der Waals surface area contributed by atoms with Crippen molar-refractivity contribution in [1.82, 2.24) is 0 Å². The molecule has 0 bridgehead atoms. The largest absolute Gasteiger partial charge is 0.465 e. The van der Waals surface area contributed by atoms with Crippen molar-refractivity contribution in [2.24, 2.45) is 0 Å². The van der Waals surface area contributed by atoms with Crippen LogP contribution in [-0.4, -0.2) is 13.1 Å². The highest BCUT2D eigenvalue weighted by Crippen LogP contribution is 2.23. The molecule has 1 aromatic rings. The summed E-state index contributed by atoms with van der Waals surface area (Å²) in [5.41, 5.74) is -0.241. The van der Waals surface area contributed by atoms with E-state index in [2.05, 4.69) is 4.74 Å². The van der Waals surface area contributed by atoms with Crippen molar-refractivity contribution in [2.45, 2.75) is 20.0 Å². The zero-order chi connectivity index (χ0) is 12.1. The highest BCUT2D eigenvalue weighted by molar-refractivity contribution is 5.91. The van der Waals surface area contributed by atoms with Crippen LogP contribution in [0.2, 0.25) is 0 Å². The lowest BCUT2D eigenvalue weighted by Crippen LogP contribution is -2.09. The second-order valence-electron chi connectivity index (χ2n) is 3.12. The second kappa shape index (κ2) is 5.53. The van der Waals surface area contributed by atoms with Crippen LogP contribution >= 0.6 is 0 Å². The van der Waals surface area contributed by atoms with Crippen molar-refractivity contribution in [1.29, 1.82) is 0 Å². The number of esters is 1. The van der Waals surface area contributed by atoms with Crippen LogP contribution in [0.1, 0.15) is 27.0 Å². The Bertz CT molecular complexity index is 391. The van der Waals surface area contributed by atoms with Gasteiger partial charge in [0.15, 0.2) is 0 Å². The smallest absolute Gasteiger partial charge is 0.338 e. The van der Waals surface area contributed by atoms with Crippen LogP contribution in [0, 0.1) is 0 Å². The molecule has 0 heterocycles. The summed E-state index contributed by atoms with van der Waals surface area (Å²) in [6.07, 6.45) is 0. The summed E-state index contributed by atoms with van der Waals surface area (Å²) in [4.78, 5) is 11.3. The van der Waals surface area contributed by atoms with Gasteiger partial charge in [0.05, 0.1) is 12.7 Å². The van der Waals surface area contributed by atoms with Crippen LogP contribution < -0.4 is 0 Å². The zero-order valence-electron chi connectivity index (χ0n) is 8.73. The molecule has 0 amide bonds. The molecule has 0 aliphatic carbocycles. The Morgan fingerprint density at radius 2 is 1.75 bits per heavy atom. The van der Waals surface area contributed by atoms with Gasteiger partial charge in [0, 0.05) is 5.56 Å². The van der Waals surface area contributed by atoms with Gasteiger partial charge in [0.1, 0.15) is 20.0 Å². The standard InChI is InChI=1S/C11H11F3O2/c1-16-11(15)8-3-2-7(4-12)9(5-13)10(8)6-14/h2-3H,4-6H2,1H3. The van der Waals surface area contributed by atoms with E-state index in [1.807, 2.05) is 0 Å². The third-order valence-corrected chi connectivity index (χ3v) is 2.34. The molecule has 0 aromatic heterocycles. The van der Waals surface area contributed by atoms with Gasteiger partial charge in [-0.15, -0.1) is 0 Å². The van der Waals surface area contributed by atoms with E-state index < -0.39 is 26.0 Å². The molecule has 0 spiro atoms. The average molecular weight is 232 g/mol. The SMILES string of the molecule is COC(=O)c1ccc(CF)c(CF)c1CF. The molecule has 5 heteroatoms. The van der Waals surface area contributed by atoms with E-state index in [9.17, 15) is 18.0 Å². The molecule has 16 heavy (non-hydrogen) atoms. The number of hydrogen-bond acceptors (Lipinski definition) is 2. The monoisotopic (exact) mass is 232 g/mol. The number of ether oxygens (including phenoxy) is 1.